The third kappa shape index (κ3) is 4.22. The third-order valence-corrected chi connectivity index (χ3v) is 11.6. The van der Waals surface area contributed by atoms with Crippen LogP contribution in [-0.2, 0) is 20.9 Å². The molecule has 1 aromatic carbocycles. The molecule has 0 amide bonds. The summed E-state index contributed by atoms with van der Waals surface area (Å²) in [7, 11) is 1.67. The van der Waals surface area contributed by atoms with Crippen molar-refractivity contribution in [1.82, 2.24) is 15.0 Å². The van der Waals surface area contributed by atoms with E-state index in [1.165, 1.54) is 32.1 Å². The fourth-order valence-corrected chi connectivity index (χ4v) is 9.92. The van der Waals surface area contributed by atoms with Gasteiger partial charge in [0.15, 0.2) is 0 Å². The lowest BCUT2D eigenvalue weighted by atomic mass is 9.40. The monoisotopic (exact) mass is 535 g/mol. The van der Waals surface area contributed by atoms with Crippen LogP contribution in [0.15, 0.2) is 30.5 Å². The Morgan fingerprint density at radius 1 is 1.05 bits per heavy atom. The molecule has 39 heavy (non-hydrogen) atoms. The minimum atomic E-state index is -0.352. The minimum Gasteiger partial charge on any atom is -0.497 e. The molecule has 7 atom stereocenters. The highest BCUT2D eigenvalue weighted by molar-refractivity contribution is 5.77. The van der Waals surface area contributed by atoms with Crippen LogP contribution < -0.4 is 4.74 Å². The Labute approximate surface area is 233 Å². The molecule has 0 radical (unpaired) electrons. The summed E-state index contributed by atoms with van der Waals surface area (Å²) < 4.78 is 19.4. The second-order valence-electron chi connectivity index (χ2n) is 13.7. The Kier molecular flexibility index (Phi) is 6.60. The lowest BCUT2D eigenvalue weighted by Gasteiger charge is -2.64. The molecule has 0 unspecified atom stereocenters. The molecule has 2 aromatic rings. The lowest BCUT2D eigenvalue weighted by Crippen LogP contribution is -2.58. The van der Waals surface area contributed by atoms with E-state index in [9.17, 15) is 4.79 Å². The van der Waals surface area contributed by atoms with Gasteiger partial charge in [-0.15, -0.1) is 5.10 Å². The third-order valence-electron chi connectivity index (χ3n) is 11.6. The molecule has 0 N–H and O–H groups in total. The van der Waals surface area contributed by atoms with E-state index < -0.39 is 0 Å². The van der Waals surface area contributed by atoms with Crippen molar-refractivity contribution in [2.24, 2.45) is 33.5 Å². The van der Waals surface area contributed by atoms with Gasteiger partial charge in [0.2, 0.25) is 0 Å². The van der Waals surface area contributed by atoms with Gasteiger partial charge in [-0.1, -0.05) is 25.5 Å². The van der Waals surface area contributed by atoms with Crippen LogP contribution in [0.2, 0.25) is 0 Å². The molecular formula is C32H45N3O4. The summed E-state index contributed by atoms with van der Waals surface area (Å²) in [5.41, 5.74) is 2.16. The molecule has 4 aliphatic rings. The highest BCUT2D eigenvalue weighted by atomic mass is 16.5. The van der Waals surface area contributed by atoms with Crippen LogP contribution in [0.5, 0.6) is 5.75 Å². The van der Waals surface area contributed by atoms with Gasteiger partial charge in [-0.3, -0.25) is 4.79 Å². The Balaban J connectivity index is 1.17. The van der Waals surface area contributed by atoms with Crippen LogP contribution in [0.1, 0.15) is 91.2 Å². The molecule has 1 aromatic heterocycles. The zero-order valence-electron chi connectivity index (χ0n) is 24.4. The van der Waals surface area contributed by atoms with E-state index in [-0.39, 0.29) is 28.3 Å². The Bertz CT molecular complexity index is 1210. The summed E-state index contributed by atoms with van der Waals surface area (Å²) in [6.45, 7) is 10.1. The van der Waals surface area contributed by atoms with E-state index in [0.717, 1.165) is 42.8 Å². The van der Waals surface area contributed by atoms with Crippen molar-refractivity contribution >= 4 is 5.97 Å². The first-order chi connectivity index (χ1) is 18.7. The Morgan fingerprint density at radius 3 is 2.56 bits per heavy atom. The highest BCUT2D eigenvalue weighted by Crippen LogP contribution is 2.74. The second-order valence-corrected chi connectivity index (χ2v) is 13.7. The number of hydrogen-bond donors (Lipinski definition) is 0. The molecule has 1 spiro atoms. The number of benzene rings is 1. The van der Waals surface area contributed by atoms with Crippen LogP contribution >= 0.6 is 0 Å². The molecular weight excluding hydrogens is 490 g/mol. The molecule has 4 saturated carbocycles. The summed E-state index contributed by atoms with van der Waals surface area (Å²) in [4.78, 5) is 13.2. The molecule has 4 aliphatic carbocycles. The molecule has 2 bridgehead atoms. The second kappa shape index (κ2) is 9.60. The average Bonchev–Trinajstić information content (AvgIpc) is 3.47. The van der Waals surface area contributed by atoms with Crippen LogP contribution in [0, 0.1) is 33.5 Å². The van der Waals surface area contributed by atoms with Gasteiger partial charge in [-0.05, 0) is 118 Å². The predicted octanol–water partition coefficient (Wildman–Crippen LogP) is 6.53. The summed E-state index contributed by atoms with van der Waals surface area (Å²) in [5.74, 6) is 1.91. The van der Waals surface area contributed by atoms with E-state index in [0.29, 0.717) is 30.5 Å². The van der Waals surface area contributed by atoms with Crippen LogP contribution in [0.3, 0.4) is 0 Å². The number of rotatable bonds is 7. The maximum absolute atomic E-state index is 13.2. The van der Waals surface area contributed by atoms with Crippen molar-refractivity contribution in [3.63, 3.8) is 0 Å². The molecule has 7 heteroatoms. The number of hydrogen-bond acceptors (Lipinski definition) is 6. The molecule has 1 heterocycles. The number of nitrogens with zero attached hydrogens (tertiary/aromatic N) is 3. The van der Waals surface area contributed by atoms with Gasteiger partial charge < -0.3 is 14.2 Å². The van der Waals surface area contributed by atoms with Gasteiger partial charge in [0.1, 0.15) is 11.4 Å². The summed E-state index contributed by atoms with van der Waals surface area (Å²) >= 11 is 0. The largest absolute Gasteiger partial charge is 0.497 e. The quantitative estimate of drug-likeness (QED) is 0.375. The Hall–Kier alpha value is -2.41. The maximum atomic E-state index is 13.2. The van der Waals surface area contributed by atoms with Crippen molar-refractivity contribution in [2.45, 2.75) is 98.2 Å². The molecule has 212 valence electrons. The molecule has 6 rings (SSSR count). The molecule has 7 nitrogen and oxygen atoms in total. The maximum Gasteiger partial charge on any atom is 0.312 e. The molecule has 0 aliphatic heterocycles. The summed E-state index contributed by atoms with van der Waals surface area (Å²) in [6.07, 6.45) is 12.7. The fourth-order valence-electron chi connectivity index (χ4n) is 9.92. The molecule has 4 fully saturated rings. The van der Waals surface area contributed by atoms with Gasteiger partial charge in [0.25, 0.3) is 0 Å². The lowest BCUT2D eigenvalue weighted by molar-refractivity contribution is -0.187. The first kappa shape index (κ1) is 26.8. The van der Waals surface area contributed by atoms with Gasteiger partial charge in [-0.2, -0.15) is 0 Å². The van der Waals surface area contributed by atoms with Crippen molar-refractivity contribution in [1.29, 1.82) is 0 Å². The van der Waals surface area contributed by atoms with E-state index in [1.807, 2.05) is 37.4 Å². The van der Waals surface area contributed by atoms with E-state index in [4.69, 9.17) is 14.2 Å². The van der Waals surface area contributed by atoms with E-state index in [2.05, 4.69) is 31.1 Å². The average molecular weight is 536 g/mol. The number of carbonyl (C=O) groups excluding carboxylic acids is 1. The molecule has 0 saturated heterocycles. The zero-order valence-corrected chi connectivity index (χ0v) is 24.4. The number of methoxy groups -OCH3 is 1. The number of aromatic nitrogens is 3. The number of fused-ring (bicyclic) bond motifs is 3. The topological polar surface area (TPSA) is 75.5 Å². The summed E-state index contributed by atoms with van der Waals surface area (Å²) in [6, 6.07) is 7.82. The number of carbonyl (C=O) groups is 1. The Morgan fingerprint density at radius 2 is 1.82 bits per heavy atom. The van der Waals surface area contributed by atoms with E-state index in [1.54, 1.807) is 11.8 Å². The van der Waals surface area contributed by atoms with Crippen molar-refractivity contribution in [3.05, 3.63) is 36.2 Å². The van der Waals surface area contributed by atoms with Crippen LogP contribution in [0.4, 0.5) is 0 Å². The zero-order chi connectivity index (χ0) is 27.5. The van der Waals surface area contributed by atoms with Crippen molar-refractivity contribution in [3.8, 4) is 11.4 Å². The van der Waals surface area contributed by atoms with Crippen LogP contribution in [0.25, 0.3) is 5.69 Å². The standard InChI is InChI=1S/C32H45N3O4/c1-6-38-28(36)31(4)15-7-14-30(3)25(31)13-17-32-18-27(29(2,21-32)16-12-26(30)32)39-20-22-19-35(34-33-22)23-8-10-24(37-5)11-9-23/h8-11,19,25-27H,6-7,12-18,20-21H2,1-5H3/t25-,26-,27+,29-,30+,31+,32-/m0/s1. The fraction of sp³-hybridized carbons (Fsp3) is 0.719. The van der Waals surface area contributed by atoms with Crippen molar-refractivity contribution in [2.75, 3.05) is 13.7 Å². The first-order valence-electron chi connectivity index (χ1n) is 15.0. The summed E-state index contributed by atoms with van der Waals surface area (Å²) in [5, 5.41) is 8.75. The predicted molar refractivity (Wildman–Crippen MR) is 148 cm³/mol. The smallest absolute Gasteiger partial charge is 0.312 e. The van der Waals surface area contributed by atoms with Gasteiger partial charge in [0, 0.05) is 0 Å². The minimum absolute atomic E-state index is 0.0350. The van der Waals surface area contributed by atoms with E-state index >= 15 is 0 Å². The highest BCUT2D eigenvalue weighted by Gasteiger charge is 2.68. The SMILES string of the molecule is CCOC(=O)[C@]1(C)CCC[C@@]2(C)[C@@H]3CC[C@@]4(C)C[C@]3(CC[C@@H]21)C[C@H]4OCc1cn(-c2ccc(OC)cc2)nn1. The van der Waals surface area contributed by atoms with Crippen molar-refractivity contribution < 1.29 is 19.0 Å². The normalized spacial score (nSPS) is 39.1. The number of esters is 1. The number of ether oxygens (including phenoxy) is 3. The van der Waals surface area contributed by atoms with Crippen LogP contribution in [-0.4, -0.2) is 40.8 Å². The van der Waals surface area contributed by atoms with Gasteiger partial charge in [-0.25, -0.2) is 4.68 Å². The van der Waals surface area contributed by atoms with Gasteiger partial charge in [0.05, 0.1) is 43.7 Å². The van der Waals surface area contributed by atoms with Gasteiger partial charge >= 0.3 is 5.97 Å². The first-order valence-corrected chi connectivity index (χ1v) is 15.0.